The minimum atomic E-state index is -0.960. The van der Waals surface area contributed by atoms with E-state index in [9.17, 15) is 4.79 Å². The van der Waals surface area contributed by atoms with E-state index in [2.05, 4.69) is 0 Å². The first kappa shape index (κ1) is 10.3. The van der Waals surface area contributed by atoms with Gasteiger partial charge < -0.3 is 9.84 Å². The van der Waals surface area contributed by atoms with Crippen molar-refractivity contribution in [1.82, 2.24) is 0 Å². The second-order valence-corrected chi connectivity index (χ2v) is 2.87. The molecule has 0 spiro atoms. The molecule has 1 rings (SSSR count). The molecule has 1 aromatic carbocycles. The van der Waals surface area contributed by atoms with Crippen molar-refractivity contribution in [3.8, 4) is 5.75 Å². The first-order valence-corrected chi connectivity index (χ1v) is 4.27. The van der Waals surface area contributed by atoms with Gasteiger partial charge in [0.15, 0.2) is 0 Å². The third kappa shape index (κ3) is 3.76. The fraction of sp³-hybridized carbons (Fsp3) is 0.182. The summed E-state index contributed by atoms with van der Waals surface area (Å²) in [5.41, 5.74) is 1.12. The summed E-state index contributed by atoms with van der Waals surface area (Å²) in [4.78, 5) is 10.1. The number of rotatable bonds is 4. The topological polar surface area (TPSA) is 46.5 Å². The summed E-state index contributed by atoms with van der Waals surface area (Å²) in [6.07, 6.45) is 2.53. The number of hydrogen-bond acceptors (Lipinski definition) is 2. The zero-order chi connectivity index (χ0) is 10.4. The van der Waals surface area contributed by atoms with Gasteiger partial charge in [0.25, 0.3) is 0 Å². The average molecular weight is 192 g/mol. The van der Waals surface area contributed by atoms with Crippen molar-refractivity contribution in [2.45, 2.75) is 6.92 Å². The van der Waals surface area contributed by atoms with Crippen LogP contribution in [0.15, 0.2) is 36.4 Å². The molecule has 0 fully saturated rings. The fourth-order valence-corrected chi connectivity index (χ4v) is 0.998. The lowest BCUT2D eigenvalue weighted by molar-refractivity contribution is -0.131. The fourth-order valence-electron chi connectivity index (χ4n) is 0.998. The minimum Gasteiger partial charge on any atom is -0.490 e. The van der Waals surface area contributed by atoms with Crippen LogP contribution >= 0.6 is 0 Å². The van der Waals surface area contributed by atoms with Gasteiger partial charge in [-0.15, -0.1) is 0 Å². The first-order chi connectivity index (χ1) is 6.68. The molecule has 0 saturated carbocycles. The molecular formula is C11H12O3. The Morgan fingerprint density at radius 2 is 2.36 bits per heavy atom. The Balaban J connectivity index is 2.42. The zero-order valence-corrected chi connectivity index (χ0v) is 7.93. The van der Waals surface area contributed by atoms with E-state index in [0.717, 1.165) is 17.4 Å². The second kappa shape index (κ2) is 5.07. The molecule has 0 saturated heterocycles. The summed E-state index contributed by atoms with van der Waals surface area (Å²) < 4.78 is 5.29. The van der Waals surface area contributed by atoms with Crippen molar-refractivity contribution in [1.29, 1.82) is 0 Å². The number of aryl methyl sites for hydroxylation is 1. The van der Waals surface area contributed by atoms with E-state index >= 15 is 0 Å². The van der Waals surface area contributed by atoms with E-state index in [4.69, 9.17) is 9.84 Å². The molecular weight excluding hydrogens is 180 g/mol. The van der Waals surface area contributed by atoms with E-state index in [1.165, 1.54) is 6.08 Å². The lowest BCUT2D eigenvalue weighted by Gasteiger charge is -2.02. The Bertz CT molecular complexity index is 342. The Morgan fingerprint density at radius 1 is 1.57 bits per heavy atom. The Morgan fingerprint density at radius 3 is 3.00 bits per heavy atom. The minimum absolute atomic E-state index is 0.274. The summed E-state index contributed by atoms with van der Waals surface area (Å²) in [6, 6.07) is 7.60. The maximum absolute atomic E-state index is 10.1. The number of ether oxygens (including phenoxy) is 1. The van der Waals surface area contributed by atoms with E-state index in [-0.39, 0.29) is 6.61 Å². The van der Waals surface area contributed by atoms with Gasteiger partial charge in [-0.1, -0.05) is 12.1 Å². The lowest BCUT2D eigenvalue weighted by Crippen LogP contribution is -1.95. The van der Waals surface area contributed by atoms with Crippen LogP contribution in [0.2, 0.25) is 0 Å². The Kier molecular flexibility index (Phi) is 3.73. The number of carboxylic acids is 1. The van der Waals surface area contributed by atoms with E-state index in [1.807, 2.05) is 31.2 Å². The summed E-state index contributed by atoms with van der Waals surface area (Å²) >= 11 is 0. The monoisotopic (exact) mass is 192 g/mol. The van der Waals surface area contributed by atoms with Gasteiger partial charge in [0.2, 0.25) is 0 Å². The predicted molar refractivity (Wildman–Crippen MR) is 53.4 cm³/mol. The zero-order valence-electron chi connectivity index (χ0n) is 7.93. The van der Waals surface area contributed by atoms with Crippen molar-refractivity contribution in [3.05, 3.63) is 42.0 Å². The van der Waals surface area contributed by atoms with Crippen LogP contribution in [-0.4, -0.2) is 17.7 Å². The van der Waals surface area contributed by atoms with Gasteiger partial charge in [-0.3, -0.25) is 0 Å². The largest absolute Gasteiger partial charge is 0.490 e. The van der Waals surface area contributed by atoms with E-state index in [0.29, 0.717) is 0 Å². The summed E-state index contributed by atoms with van der Waals surface area (Å²) in [6.45, 7) is 2.25. The van der Waals surface area contributed by atoms with Crippen LogP contribution in [0.1, 0.15) is 5.56 Å². The molecule has 0 atom stereocenters. The quantitative estimate of drug-likeness (QED) is 0.742. The molecule has 3 nitrogen and oxygen atoms in total. The highest BCUT2D eigenvalue weighted by molar-refractivity contribution is 5.79. The van der Waals surface area contributed by atoms with Gasteiger partial charge in [-0.05, 0) is 30.7 Å². The Labute approximate surface area is 82.6 Å². The number of hydrogen-bond donors (Lipinski definition) is 1. The highest BCUT2D eigenvalue weighted by Gasteiger charge is 1.91. The van der Waals surface area contributed by atoms with E-state index in [1.54, 1.807) is 0 Å². The van der Waals surface area contributed by atoms with Gasteiger partial charge >= 0.3 is 5.97 Å². The SMILES string of the molecule is Cc1cccc(OCC=CC(=O)O)c1. The van der Waals surface area contributed by atoms with Crippen LogP contribution in [-0.2, 0) is 4.79 Å². The molecule has 14 heavy (non-hydrogen) atoms. The van der Waals surface area contributed by atoms with Crippen molar-refractivity contribution >= 4 is 5.97 Å². The molecule has 0 aliphatic rings. The van der Waals surface area contributed by atoms with Crippen LogP contribution in [0, 0.1) is 6.92 Å². The van der Waals surface area contributed by atoms with E-state index < -0.39 is 5.97 Å². The highest BCUT2D eigenvalue weighted by Crippen LogP contribution is 2.11. The van der Waals surface area contributed by atoms with Crippen LogP contribution in [0.5, 0.6) is 5.75 Å². The molecule has 0 aliphatic heterocycles. The average Bonchev–Trinajstić information content (AvgIpc) is 2.12. The van der Waals surface area contributed by atoms with Crippen molar-refractivity contribution in [2.75, 3.05) is 6.61 Å². The molecule has 0 heterocycles. The molecule has 0 amide bonds. The number of benzene rings is 1. The standard InChI is InChI=1S/C11H12O3/c1-9-4-2-5-10(8-9)14-7-3-6-11(12)13/h2-6,8H,7H2,1H3,(H,12,13). The molecule has 1 N–H and O–H groups in total. The van der Waals surface area contributed by atoms with Gasteiger partial charge in [0.1, 0.15) is 12.4 Å². The van der Waals surface area contributed by atoms with Gasteiger partial charge in [0.05, 0.1) is 0 Å². The van der Waals surface area contributed by atoms with Gasteiger partial charge in [-0.2, -0.15) is 0 Å². The summed E-state index contributed by atoms with van der Waals surface area (Å²) in [5, 5.41) is 8.31. The van der Waals surface area contributed by atoms with Crippen molar-refractivity contribution in [2.24, 2.45) is 0 Å². The lowest BCUT2D eigenvalue weighted by atomic mass is 10.2. The third-order valence-electron chi connectivity index (χ3n) is 1.60. The predicted octanol–water partition coefficient (Wildman–Crippen LogP) is 2.01. The molecule has 0 radical (unpaired) electrons. The van der Waals surface area contributed by atoms with Crippen LogP contribution in [0.4, 0.5) is 0 Å². The maximum Gasteiger partial charge on any atom is 0.328 e. The summed E-state index contributed by atoms with van der Waals surface area (Å²) in [5.74, 6) is -0.210. The van der Waals surface area contributed by atoms with Gasteiger partial charge in [0, 0.05) is 6.08 Å². The van der Waals surface area contributed by atoms with Crippen LogP contribution in [0.3, 0.4) is 0 Å². The Hall–Kier alpha value is -1.77. The second-order valence-electron chi connectivity index (χ2n) is 2.87. The number of aliphatic carboxylic acids is 1. The molecule has 0 bridgehead atoms. The normalized spacial score (nSPS) is 10.4. The maximum atomic E-state index is 10.1. The molecule has 0 unspecified atom stereocenters. The number of carboxylic acid groups (broad SMARTS) is 1. The first-order valence-electron chi connectivity index (χ1n) is 4.27. The molecule has 0 aliphatic carbocycles. The number of carbonyl (C=O) groups is 1. The van der Waals surface area contributed by atoms with Gasteiger partial charge in [-0.25, -0.2) is 4.79 Å². The summed E-state index contributed by atoms with van der Waals surface area (Å²) in [7, 11) is 0. The smallest absolute Gasteiger partial charge is 0.328 e. The molecule has 74 valence electrons. The third-order valence-corrected chi connectivity index (χ3v) is 1.60. The van der Waals surface area contributed by atoms with Crippen LogP contribution < -0.4 is 4.74 Å². The highest BCUT2D eigenvalue weighted by atomic mass is 16.5. The molecule has 1 aromatic rings. The van der Waals surface area contributed by atoms with Crippen molar-refractivity contribution in [3.63, 3.8) is 0 Å². The molecule has 0 aromatic heterocycles. The molecule has 3 heteroatoms. The van der Waals surface area contributed by atoms with Crippen molar-refractivity contribution < 1.29 is 14.6 Å². The van der Waals surface area contributed by atoms with Crippen LogP contribution in [0.25, 0.3) is 0 Å².